The van der Waals surface area contributed by atoms with E-state index in [2.05, 4.69) is 67.8 Å². The largest absolute Gasteiger partial charge is 0.756 e. The molecule has 0 aliphatic rings. The molecule has 0 aliphatic heterocycles. The highest BCUT2D eigenvalue weighted by atomic mass is 31.2. The Labute approximate surface area is 530 Å². The number of aliphatic hydroxyl groups excluding tert-OH is 1. The zero-order valence-corrected chi connectivity index (χ0v) is 58.2. The van der Waals surface area contributed by atoms with Crippen LogP contribution in [0.4, 0.5) is 0 Å². The van der Waals surface area contributed by atoms with Crippen molar-refractivity contribution in [3.8, 4) is 0 Å². The van der Waals surface area contributed by atoms with E-state index in [1.54, 1.807) is 6.08 Å². The van der Waals surface area contributed by atoms with Gasteiger partial charge >= 0.3 is 0 Å². The number of phosphoric acid groups is 1. The SMILES string of the molecule is CC/C=C\C/C=C\C/C=C\C/C=C\CCCCCCCCCCCCCCCCCCCCCCCCCCC(=O)NC(COP(=O)([O-])OCC[N+](C)(C)C)C(O)/C=C/CCCCCCCCCCCCCCCCCCCCCCCCCC. The first kappa shape index (κ1) is 83.2. The van der Waals surface area contributed by atoms with Gasteiger partial charge in [0.1, 0.15) is 13.2 Å². The molecule has 0 saturated carbocycles. The fourth-order valence-corrected chi connectivity index (χ4v) is 12.0. The van der Waals surface area contributed by atoms with Crippen LogP contribution >= 0.6 is 7.82 Å². The number of carbonyl (C=O) groups is 1. The van der Waals surface area contributed by atoms with E-state index in [0.717, 1.165) is 64.2 Å². The minimum absolute atomic E-state index is 0.000541. The number of nitrogens with zero attached hydrogens (tertiary/aromatic N) is 1. The van der Waals surface area contributed by atoms with Gasteiger partial charge in [-0.3, -0.25) is 9.36 Å². The summed E-state index contributed by atoms with van der Waals surface area (Å²) in [6.45, 7) is 4.59. The Kier molecular flexibility index (Phi) is 65.2. The molecule has 2 N–H and O–H groups in total. The van der Waals surface area contributed by atoms with Gasteiger partial charge in [0.25, 0.3) is 7.82 Å². The molecule has 0 aromatic heterocycles. The van der Waals surface area contributed by atoms with Crippen LogP contribution in [0.15, 0.2) is 60.8 Å². The second-order valence-corrected chi connectivity index (χ2v) is 28.0. The molecule has 0 rings (SSSR count). The van der Waals surface area contributed by atoms with E-state index in [-0.39, 0.29) is 19.1 Å². The quantitative estimate of drug-likeness (QED) is 0.0272. The van der Waals surface area contributed by atoms with Gasteiger partial charge in [0.15, 0.2) is 0 Å². The molecule has 3 atom stereocenters. The molecule has 3 unspecified atom stereocenters. The summed E-state index contributed by atoms with van der Waals surface area (Å²) in [5.41, 5.74) is 0. The van der Waals surface area contributed by atoms with Gasteiger partial charge in [-0.1, -0.05) is 364 Å². The third-order valence-corrected chi connectivity index (χ3v) is 17.9. The Morgan fingerprint density at radius 3 is 1.05 bits per heavy atom. The Hall–Kier alpha value is -1.80. The molecule has 0 spiro atoms. The lowest BCUT2D eigenvalue weighted by Crippen LogP contribution is -2.45. The van der Waals surface area contributed by atoms with Crippen LogP contribution in [0, 0.1) is 0 Å². The first-order valence-corrected chi connectivity index (χ1v) is 38.6. The zero-order valence-electron chi connectivity index (χ0n) is 57.3. The zero-order chi connectivity index (χ0) is 61.9. The molecule has 0 aromatic rings. The van der Waals surface area contributed by atoms with Gasteiger partial charge in [-0.15, -0.1) is 0 Å². The summed E-state index contributed by atoms with van der Waals surface area (Å²) < 4.78 is 23.5. The third-order valence-electron chi connectivity index (χ3n) is 17.0. The molecule has 1 amide bonds. The predicted octanol–water partition coefficient (Wildman–Crippen LogP) is 23.3. The van der Waals surface area contributed by atoms with Gasteiger partial charge in [-0.2, -0.15) is 0 Å². The summed E-state index contributed by atoms with van der Waals surface area (Å²) >= 11 is 0. The van der Waals surface area contributed by atoms with E-state index in [1.165, 1.54) is 283 Å². The molecular weight excluding hydrogens is 1070 g/mol. The number of carbonyl (C=O) groups excluding carboxylic acids is 1. The Morgan fingerprint density at radius 2 is 0.718 bits per heavy atom. The number of rotatable bonds is 69. The van der Waals surface area contributed by atoms with Gasteiger partial charge in [-0.05, 0) is 57.8 Å². The Bertz CT molecular complexity index is 1570. The van der Waals surface area contributed by atoms with E-state index in [0.29, 0.717) is 17.4 Å². The normalized spacial score (nSPS) is 13.9. The lowest BCUT2D eigenvalue weighted by molar-refractivity contribution is -0.870. The standard InChI is InChI=1S/C76H145N2O6P/c1-6-8-10-12-14-16-18-20-22-24-26-28-30-32-34-35-36-37-38-39-40-41-42-43-44-46-48-50-52-54-56-58-60-62-64-66-68-70-76(80)77-74(73-84-85(81,82)83-72-71-78(3,4)5)75(79)69-67-65-63-61-59-57-55-53-51-49-47-45-33-31-29-27-25-23-21-19-17-15-13-11-9-7-2/h8,10,14,16,20,22,26,28,67,69,74-75,79H,6-7,9,11-13,15,17-19,21,23-25,27,29-66,68,70-73H2,1-5H3,(H-,77,80,81,82)/b10-8-,16-14-,22-20-,28-26-,69-67+. The molecule has 85 heavy (non-hydrogen) atoms. The van der Waals surface area contributed by atoms with Crippen molar-refractivity contribution < 1.29 is 32.9 Å². The molecule has 8 nitrogen and oxygen atoms in total. The predicted molar refractivity (Wildman–Crippen MR) is 371 cm³/mol. The van der Waals surface area contributed by atoms with Crippen LogP contribution in [0.2, 0.25) is 0 Å². The first-order chi connectivity index (χ1) is 41.5. The monoisotopic (exact) mass is 1210 g/mol. The third kappa shape index (κ3) is 69.5. The molecule has 9 heteroatoms. The van der Waals surface area contributed by atoms with Crippen molar-refractivity contribution in [1.29, 1.82) is 0 Å². The number of likely N-dealkylation sites (N-methyl/N-ethyl adjacent to an activating group) is 1. The van der Waals surface area contributed by atoms with E-state index in [1.807, 2.05) is 27.2 Å². The van der Waals surface area contributed by atoms with Crippen molar-refractivity contribution in [3.63, 3.8) is 0 Å². The topological polar surface area (TPSA) is 108 Å². The average molecular weight is 1210 g/mol. The molecule has 0 aliphatic carbocycles. The number of phosphoric ester groups is 1. The number of nitrogens with one attached hydrogen (secondary N) is 1. The van der Waals surface area contributed by atoms with Crippen LogP contribution in [0.5, 0.6) is 0 Å². The minimum atomic E-state index is -4.60. The van der Waals surface area contributed by atoms with Crippen LogP contribution in [0.1, 0.15) is 367 Å². The first-order valence-electron chi connectivity index (χ1n) is 37.2. The maximum absolute atomic E-state index is 13.1. The summed E-state index contributed by atoms with van der Waals surface area (Å²) in [6.07, 6.45) is 92.2. The number of quaternary nitrogens is 1. The van der Waals surface area contributed by atoms with Crippen LogP contribution in [-0.2, 0) is 18.4 Å². The van der Waals surface area contributed by atoms with Crippen molar-refractivity contribution in [2.45, 2.75) is 379 Å². The molecule has 0 aromatic carbocycles. The summed E-state index contributed by atoms with van der Waals surface area (Å²) in [7, 11) is 1.28. The molecule has 500 valence electrons. The Morgan fingerprint density at radius 1 is 0.424 bits per heavy atom. The summed E-state index contributed by atoms with van der Waals surface area (Å²) in [5, 5.41) is 14.0. The van der Waals surface area contributed by atoms with Gasteiger partial charge in [0.2, 0.25) is 5.91 Å². The fraction of sp³-hybridized carbons (Fsp3) is 0.855. The van der Waals surface area contributed by atoms with Gasteiger partial charge in [-0.25, -0.2) is 0 Å². The maximum atomic E-state index is 13.1. The Balaban J connectivity index is 3.97. The maximum Gasteiger partial charge on any atom is 0.268 e. The lowest BCUT2D eigenvalue weighted by Gasteiger charge is -2.29. The van der Waals surface area contributed by atoms with Crippen molar-refractivity contribution in [2.24, 2.45) is 0 Å². The van der Waals surface area contributed by atoms with Gasteiger partial charge < -0.3 is 28.8 Å². The second-order valence-electron chi connectivity index (χ2n) is 26.6. The lowest BCUT2D eigenvalue weighted by atomic mass is 10.0. The van der Waals surface area contributed by atoms with Crippen LogP contribution in [0.3, 0.4) is 0 Å². The number of aliphatic hydroxyl groups is 1. The van der Waals surface area contributed by atoms with Crippen molar-refractivity contribution in [3.05, 3.63) is 60.8 Å². The van der Waals surface area contributed by atoms with Gasteiger partial charge in [0.05, 0.1) is 39.9 Å². The molecular formula is C76H145N2O6P. The van der Waals surface area contributed by atoms with Crippen molar-refractivity contribution >= 4 is 13.7 Å². The smallest absolute Gasteiger partial charge is 0.268 e. The fourth-order valence-electron chi connectivity index (χ4n) is 11.3. The highest BCUT2D eigenvalue weighted by Crippen LogP contribution is 2.38. The van der Waals surface area contributed by atoms with Crippen molar-refractivity contribution in [1.82, 2.24) is 5.32 Å². The molecule has 0 bridgehead atoms. The van der Waals surface area contributed by atoms with Crippen LogP contribution in [0.25, 0.3) is 0 Å². The summed E-state index contributed by atoms with van der Waals surface area (Å²) in [4.78, 5) is 25.7. The molecule has 0 fully saturated rings. The summed E-state index contributed by atoms with van der Waals surface area (Å²) in [5.74, 6) is -0.190. The molecule has 0 radical (unpaired) electrons. The van der Waals surface area contributed by atoms with E-state index in [9.17, 15) is 19.4 Å². The molecule has 0 saturated heterocycles. The number of unbranched alkanes of at least 4 members (excludes halogenated alkanes) is 48. The van der Waals surface area contributed by atoms with E-state index >= 15 is 0 Å². The summed E-state index contributed by atoms with van der Waals surface area (Å²) in [6, 6.07) is -0.888. The average Bonchev–Trinajstić information content (AvgIpc) is 3.49. The second kappa shape index (κ2) is 66.6. The van der Waals surface area contributed by atoms with Crippen LogP contribution in [-0.4, -0.2) is 68.5 Å². The number of hydrogen-bond donors (Lipinski definition) is 2. The van der Waals surface area contributed by atoms with Crippen LogP contribution < -0.4 is 10.2 Å². The minimum Gasteiger partial charge on any atom is -0.756 e. The number of allylic oxidation sites excluding steroid dienone is 9. The van der Waals surface area contributed by atoms with E-state index in [4.69, 9.17) is 9.05 Å². The number of hydrogen-bond acceptors (Lipinski definition) is 6. The number of amides is 1. The molecule has 0 heterocycles. The highest BCUT2D eigenvalue weighted by Gasteiger charge is 2.23. The van der Waals surface area contributed by atoms with Crippen molar-refractivity contribution in [2.75, 3.05) is 40.9 Å². The van der Waals surface area contributed by atoms with Gasteiger partial charge in [0, 0.05) is 6.42 Å². The highest BCUT2D eigenvalue weighted by molar-refractivity contribution is 7.45. The van der Waals surface area contributed by atoms with E-state index < -0.39 is 20.0 Å².